The molecule has 0 unspecified atom stereocenters. The van der Waals surface area contributed by atoms with Crippen molar-refractivity contribution in [3.05, 3.63) is 47.4 Å². The first kappa shape index (κ1) is 24.1. The lowest BCUT2D eigenvalue weighted by Crippen LogP contribution is -2.54. The number of terminal acetylenes is 1. The van der Waals surface area contributed by atoms with Gasteiger partial charge in [-0.2, -0.15) is 13.2 Å². The van der Waals surface area contributed by atoms with E-state index in [0.29, 0.717) is 29.5 Å². The highest BCUT2D eigenvalue weighted by atomic mass is 19.4. The van der Waals surface area contributed by atoms with Crippen molar-refractivity contribution in [1.29, 1.82) is 10.8 Å². The van der Waals surface area contributed by atoms with Crippen LogP contribution in [0.15, 0.2) is 24.4 Å². The van der Waals surface area contributed by atoms with Gasteiger partial charge < -0.3 is 9.80 Å². The topological polar surface area (TPSA) is 54.2 Å². The number of hydrogen-bond acceptors (Lipinski definition) is 3. The van der Waals surface area contributed by atoms with Gasteiger partial charge in [-0.1, -0.05) is 6.58 Å². The Hall–Kier alpha value is -2.96. The molecule has 0 saturated carbocycles. The Balaban J connectivity index is 0.00000204. The fourth-order valence-electron chi connectivity index (χ4n) is 2.77. The van der Waals surface area contributed by atoms with Gasteiger partial charge in [0.1, 0.15) is 11.7 Å². The lowest BCUT2D eigenvalue weighted by molar-refractivity contribution is -0.0675. The number of halogens is 6. The molecule has 0 aliphatic carbocycles. The monoisotopic (exact) mass is 418 g/mol. The van der Waals surface area contributed by atoms with Gasteiger partial charge >= 0.3 is 6.18 Å². The Morgan fingerprint density at radius 1 is 1.07 bits per heavy atom. The van der Waals surface area contributed by atoms with Gasteiger partial charge in [-0.05, 0) is 30.9 Å². The van der Waals surface area contributed by atoms with Crippen LogP contribution >= 0.6 is 0 Å². The molecular formula is C19H20F6N4. The van der Waals surface area contributed by atoms with E-state index in [9.17, 15) is 26.3 Å². The van der Waals surface area contributed by atoms with E-state index in [0.717, 1.165) is 6.07 Å². The van der Waals surface area contributed by atoms with Crippen LogP contribution in [0.25, 0.3) is 0 Å². The summed E-state index contributed by atoms with van der Waals surface area (Å²) in [5.41, 5.74) is 0.568. The third-order valence-corrected chi connectivity index (χ3v) is 4.25. The van der Waals surface area contributed by atoms with E-state index < -0.39 is 29.5 Å². The largest absolute Gasteiger partial charge is 0.449 e. The molecule has 10 heteroatoms. The summed E-state index contributed by atoms with van der Waals surface area (Å²) in [6.07, 6.45) is 4.04. The van der Waals surface area contributed by atoms with Crippen molar-refractivity contribution in [1.82, 2.24) is 9.80 Å². The molecule has 0 amide bonds. The van der Waals surface area contributed by atoms with E-state index in [1.165, 1.54) is 0 Å². The zero-order chi connectivity index (χ0) is 22.4. The van der Waals surface area contributed by atoms with Crippen LogP contribution in [0.3, 0.4) is 0 Å². The van der Waals surface area contributed by atoms with Crippen molar-refractivity contribution >= 4 is 11.7 Å². The maximum atomic E-state index is 13.6. The van der Waals surface area contributed by atoms with Gasteiger partial charge in [0.05, 0.1) is 6.54 Å². The van der Waals surface area contributed by atoms with Crippen LogP contribution < -0.4 is 0 Å². The molecule has 0 bridgehead atoms. The summed E-state index contributed by atoms with van der Waals surface area (Å²) in [5, 5.41) is 14.9. The minimum Gasteiger partial charge on any atom is -0.366 e. The van der Waals surface area contributed by atoms with E-state index in [2.05, 4.69) is 19.4 Å². The first-order valence-electron chi connectivity index (χ1n) is 8.41. The average Bonchev–Trinajstić information content (AvgIpc) is 2.66. The smallest absolute Gasteiger partial charge is 0.366 e. The number of aryl methyl sites for hydroxylation is 1. The van der Waals surface area contributed by atoms with Gasteiger partial charge in [0.2, 0.25) is 5.84 Å². The SMILES string of the molecule is C#C.C=C(CCCc1cc(F)c(F)cc1F)N1CCN(C(=N)C(F)(F)F)C(=N)C1. The Morgan fingerprint density at radius 2 is 1.66 bits per heavy atom. The van der Waals surface area contributed by atoms with Gasteiger partial charge in [0.25, 0.3) is 0 Å². The molecule has 0 atom stereocenters. The van der Waals surface area contributed by atoms with E-state index in [-0.39, 0.29) is 37.5 Å². The first-order valence-corrected chi connectivity index (χ1v) is 8.41. The zero-order valence-corrected chi connectivity index (χ0v) is 15.4. The number of benzene rings is 1. The number of allylic oxidation sites excluding steroid dienone is 1. The molecule has 2 rings (SSSR count). The average molecular weight is 418 g/mol. The molecule has 1 aliphatic heterocycles. The maximum absolute atomic E-state index is 13.6. The summed E-state index contributed by atoms with van der Waals surface area (Å²) < 4.78 is 77.5. The maximum Gasteiger partial charge on any atom is 0.449 e. The Morgan fingerprint density at radius 3 is 2.21 bits per heavy atom. The molecule has 1 aliphatic rings. The highest BCUT2D eigenvalue weighted by Crippen LogP contribution is 2.23. The predicted molar refractivity (Wildman–Crippen MR) is 98.1 cm³/mol. The summed E-state index contributed by atoms with van der Waals surface area (Å²) in [7, 11) is 0. The van der Waals surface area contributed by atoms with Gasteiger partial charge in [-0.3, -0.25) is 10.8 Å². The Bertz CT molecular complexity index is 800. The van der Waals surface area contributed by atoms with Crippen LogP contribution in [0.1, 0.15) is 18.4 Å². The number of nitrogens with one attached hydrogen (secondary N) is 2. The zero-order valence-electron chi connectivity index (χ0n) is 15.4. The molecule has 2 N–H and O–H groups in total. The Kier molecular flexibility index (Phi) is 8.30. The number of nitrogens with zero attached hydrogens (tertiary/aromatic N) is 2. The van der Waals surface area contributed by atoms with E-state index in [1.807, 2.05) is 0 Å². The minimum absolute atomic E-state index is 0.0258. The van der Waals surface area contributed by atoms with E-state index in [1.54, 1.807) is 4.90 Å². The molecule has 1 heterocycles. The lowest BCUT2D eigenvalue weighted by atomic mass is 10.1. The van der Waals surface area contributed by atoms with Crippen molar-refractivity contribution in [3.8, 4) is 12.8 Å². The molecule has 1 fully saturated rings. The molecule has 0 radical (unpaired) electrons. The number of rotatable bonds is 5. The molecule has 29 heavy (non-hydrogen) atoms. The second kappa shape index (κ2) is 10.0. The van der Waals surface area contributed by atoms with Crippen molar-refractivity contribution in [2.24, 2.45) is 0 Å². The molecule has 1 saturated heterocycles. The first-order chi connectivity index (χ1) is 13.5. The number of piperazine rings is 1. The van der Waals surface area contributed by atoms with Crippen LogP contribution in [0, 0.1) is 41.1 Å². The lowest BCUT2D eigenvalue weighted by Gasteiger charge is -2.38. The normalized spacial score (nSPS) is 14.3. The third-order valence-electron chi connectivity index (χ3n) is 4.25. The van der Waals surface area contributed by atoms with Crippen molar-refractivity contribution < 1.29 is 26.3 Å². The fourth-order valence-corrected chi connectivity index (χ4v) is 2.77. The summed E-state index contributed by atoms with van der Waals surface area (Å²) in [5.74, 6) is -5.19. The molecule has 158 valence electrons. The van der Waals surface area contributed by atoms with Crippen LogP contribution in [-0.2, 0) is 6.42 Å². The van der Waals surface area contributed by atoms with E-state index >= 15 is 0 Å². The summed E-state index contributed by atoms with van der Waals surface area (Å²) in [6, 6.07) is 1.28. The van der Waals surface area contributed by atoms with Crippen molar-refractivity contribution in [2.75, 3.05) is 19.6 Å². The predicted octanol–water partition coefficient (Wildman–Crippen LogP) is 4.32. The molecule has 1 aromatic carbocycles. The third kappa shape index (κ3) is 6.27. The van der Waals surface area contributed by atoms with Gasteiger partial charge in [0.15, 0.2) is 11.6 Å². The Labute approximate surface area is 164 Å². The van der Waals surface area contributed by atoms with Crippen molar-refractivity contribution in [2.45, 2.75) is 25.4 Å². The molecule has 1 aromatic rings. The van der Waals surface area contributed by atoms with Gasteiger partial charge in [-0.25, -0.2) is 13.2 Å². The molecule has 0 aromatic heterocycles. The summed E-state index contributed by atoms with van der Waals surface area (Å²) in [4.78, 5) is 2.21. The van der Waals surface area contributed by atoms with Crippen LogP contribution in [0.4, 0.5) is 26.3 Å². The highest BCUT2D eigenvalue weighted by Gasteiger charge is 2.41. The summed E-state index contributed by atoms with van der Waals surface area (Å²) >= 11 is 0. The minimum atomic E-state index is -4.82. The van der Waals surface area contributed by atoms with Gasteiger partial charge in [0, 0.05) is 24.9 Å². The van der Waals surface area contributed by atoms with Gasteiger partial charge in [-0.15, -0.1) is 12.8 Å². The van der Waals surface area contributed by atoms with Crippen LogP contribution in [0.5, 0.6) is 0 Å². The molecule has 0 spiro atoms. The van der Waals surface area contributed by atoms with Crippen molar-refractivity contribution in [3.63, 3.8) is 0 Å². The summed E-state index contributed by atoms with van der Waals surface area (Å²) in [6.45, 7) is 3.67. The number of hydrogen-bond donors (Lipinski definition) is 2. The number of amidine groups is 2. The fraction of sp³-hybridized carbons (Fsp3) is 0.368. The second-order valence-electron chi connectivity index (χ2n) is 6.14. The number of alkyl halides is 3. The van der Waals surface area contributed by atoms with E-state index in [4.69, 9.17) is 10.8 Å². The standard InChI is InChI=1S/C17H18F6N4.C2H2/c1-10(3-2-4-11-7-13(19)14(20)8-12(11)18)26-5-6-27(15(24)9-26)16(25)17(21,22)23;1-2/h7-8,24-25H,1-6,9H2;1-2H. The quantitative estimate of drug-likeness (QED) is 0.246. The van der Waals surface area contributed by atoms with Crippen LogP contribution in [-0.4, -0.2) is 47.3 Å². The second-order valence-corrected chi connectivity index (χ2v) is 6.14. The van der Waals surface area contributed by atoms with Crippen LogP contribution in [0.2, 0.25) is 0 Å². The highest BCUT2D eigenvalue weighted by molar-refractivity contribution is 6.01. The molecular weight excluding hydrogens is 398 g/mol. The molecule has 4 nitrogen and oxygen atoms in total.